The number of amides is 2. The van der Waals surface area contributed by atoms with E-state index in [1.165, 1.54) is 29.2 Å². The van der Waals surface area contributed by atoms with E-state index in [0.717, 1.165) is 25.7 Å². The van der Waals surface area contributed by atoms with Gasteiger partial charge in [-0.25, -0.2) is 4.39 Å². The number of carbonyl (C=O) groups is 2. The van der Waals surface area contributed by atoms with E-state index < -0.39 is 17.8 Å². The molecule has 4 rings (SSSR count). The molecule has 1 saturated carbocycles. The molecule has 1 fully saturated rings. The van der Waals surface area contributed by atoms with Crippen LogP contribution < -0.4 is 10.2 Å². The second-order valence-electron chi connectivity index (χ2n) is 8.15. The first-order valence-electron chi connectivity index (χ1n) is 10.8. The van der Waals surface area contributed by atoms with E-state index in [-0.39, 0.29) is 11.9 Å². The molecule has 6 nitrogen and oxygen atoms in total. The number of carbonyl (C=O) groups excluding carboxylic acids is 2. The Labute approximate surface area is 186 Å². The van der Waals surface area contributed by atoms with Crippen molar-refractivity contribution in [3.05, 3.63) is 83.0 Å². The molecule has 0 saturated heterocycles. The monoisotopic (exact) mass is 435 g/mol. The molecular weight excluding hydrogens is 409 g/mol. The molecule has 7 heteroatoms. The van der Waals surface area contributed by atoms with Crippen molar-refractivity contribution < 1.29 is 18.5 Å². The van der Waals surface area contributed by atoms with Crippen molar-refractivity contribution in [1.29, 1.82) is 0 Å². The molecule has 1 aliphatic carbocycles. The maximum absolute atomic E-state index is 13.8. The molecule has 1 unspecified atom stereocenters. The molecule has 2 amide bonds. The summed E-state index contributed by atoms with van der Waals surface area (Å²) in [7, 11) is 0. The van der Waals surface area contributed by atoms with Crippen LogP contribution >= 0.6 is 0 Å². The lowest BCUT2D eigenvalue weighted by molar-refractivity contribution is -0.123. The largest absolute Gasteiger partial charge is 0.361 e. The Morgan fingerprint density at radius 1 is 1.06 bits per heavy atom. The summed E-state index contributed by atoms with van der Waals surface area (Å²) < 4.78 is 18.9. The van der Waals surface area contributed by atoms with Gasteiger partial charge in [-0.2, -0.15) is 0 Å². The summed E-state index contributed by atoms with van der Waals surface area (Å²) in [6.07, 6.45) is 3.98. The van der Waals surface area contributed by atoms with Crippen LogP contribution in [0.25, 0.3) is 0 Å². The minimum Gasteiger partial charge on any atom is -0.361 e. The predicted molar refractivity (Wildman–Crippen MR) is 119 cm³/mol. The van der Waals surface area contributed by atoms with Crippen LogP contribution in [0.4, 0.5) is 10.1 Å². The number of halogens is 1. The van der Waals surface area contributed by atoms with Gasteiger partial charge in [0, 0.05) is 11.7 Å². The summed E-state index contributed by atoms with van der Waals surface area (Å²) in [5, 5.41) is 7.03. The molecule has 0 aliphatic heterocycles. The summed E-state index contributed by atoms with van der Waals surface area (Å²) in [6.45, 7) is 3.34. The van der Waals surface area contributed by atoms with Gasteiger partial charge >= 0.3 is 0 Å². The third-order valence-electron chi connectivity index (χ3n) is 5.89. The Morgan fingerprint density at radius 3 is 2.31 bits per heavy atom. The minimum atomic E-state index is -0.941. The van der Waals surface area contributed by atoms with Crippen LogP contribution in [0.1, 0.15) is 59.1 Å². The molecule has 1 atom stereocenters. The first-order valence-corrected chi connectivity index (χ1v) is 10.8. The smallest absolute Gasteiger partial charge is 0.264 e. The molecule has 0 bridgehead atoms. The summed E-state index contributed by atoms with van der Waals surface area (Å²) in [6, 6.07) is 13.8. The van der Waals surface area contributed by atoms with Gasteiger partial charge in [0.15, 0.2) is 0 Å². The first-order chi connectivity index (χ1) is 15.5. The Bertz CT molecular complexity index is 1070. The molecule has 1 aliphatic rings. The lowest BCUT2D eigenvalue weighted by Crippen LogP contribution is -2.46. The van der Waals surface area contributed by atoms with Crippen molar-refractivity contribution in [3.63, 3.8) is 0 Å². The fourth-order valence-electron chi connectivity index (χ4n) is 4.30. The van der Waals surface area contributed by atoms with E-state index in [2.05, 4.69) is 10.5 Å². The number of aromatic nitrogens is 1. The van der Waals surface area contributed by atoms with Crippen molar-refractivity contribution in [2.24, 2.45) is 0 Å². The number of aryl methyl sites for hydroxylation is 2. The van der Waals surface area contributed by atoms with Crippen LogP contribution in [0.5, 0.6) is 0 Å². The van der Waals surface area contributed by atoms with Gasteiger partial charge in [0.2, 0.25) is 5.91 Å². The standard InChI is InChI=1S/C25H26FN3O3/c1-16-22(17(2)32-28-16)25(31)29(21-14-12-19(26)13-15-21)23(18-8-4-3-5-9-18)24(30)27-20-10-6-7-11-20/h3-5,8-9,12-15,20,23H,6-7,10-11H2,1-2H3,(H,27,30). The van der Waals surface area contributed by atoms with Crippen molar-refractivity contribution >= 4 is 17.5 Å². The highest BCUT2D eigenvalue weighted by atomic mass is 19.1. The van der Waals surface area contributed by atoms with Crippen molar-refractivity contribution in [2.45, 2.75) is 51.6 Å². The van der Waals surface area contributed by atoms with Crippen LogP contribution in [-0.4, -0.2) is 23.0 Å². The molecule has 166 valence electrons. The third-order valence-corrected chi connectivity index (χ3v) is 5.89. The minimum absolute atomic E-state index is 0.0814. The average Bonchev–Trinajstić information content (AvgIpc) is 3.42. The summed E-state index contributed by atoms with van der Waals surface area (Å²) in [5.41, 5.74) is 1.80. The molecule has 3 aromatic rings. The zero-order valence-electron chi connectivity index (χ0n) is 18.2. The Kier molecular flexibility index (Phi) is 6.35. The van der Waals surface area contributed by atoms with E-state index in [0.29, 0.717) is 28.3 Å². The second-order valence-corrected chi connectivity index (χ2v) is 8.15. The molecule has 1 aromatic heterocycles. The average molecular weight is 435 g/mol. The fourth-order valence-corrected chi connectivity index (χ4v) is 4.30. The molecule has 0 spiro atoms. The zero-order valence-corrected chi connectivity index (χ0v) is 18.2. The van der Waals surface area contributed by atoms with Gasteiger partial charge in [0.25, 0.3) is 5.91 Å². The summed E-state index contributed by atoms with van der Waals surface area (Å²) >= 11 is 0. The predicted octanol–water partition coefficient (Wildman–Crippen LogP) is 4.88. The van der Waals surface area contributed by atoms with E-state index in [1.807, 2.05) is 30.3 Å². The van der Waals surface area contributed by atoms with E-state index in [1.54, 1.807) is 13.8 Å². The van der Waals surface area contributed by atoms with Gasteiger partial charge in [0.1, 0.15) is 23.2 Å². The van der Waals surface area contributed by atoms with Gasteiger partial charge < -0.3 is 9.84 Å². The van der Waals surface area contributed by atoms with Crippen molar-refractivity contribution in [3.8, 4) is 0 Å². The normalized spacial score (nSPS) is 14.8. The number of hydrogen-bond acceptors (Lipinski definition) is 4. The summed E-state index contributed by atoms with van der Waals surface area (Å²) in [5.74, 6) is -0.761. The topological polar surface area (TPSA) is 75.4 Å². The molecular formula is C25H26FN3O3. The number of nitrogens with one attached hydrogen (secondary N) is 1. The quantitative estimate of drug-likeness (QED) is 0.599. The number of nitrogens with zero attached hydrogens (tertiary/aromatic N) is 2. The third kappa shape index (κ3) is 4.42. The van der Waals surface area contributed by atoms with Crippen LogP contribution in [0.3, 0.4) is 0 Å². The highest BCUT2D eigenvalue weighted by Crippen LogP contribution is 2.32. The maximum atomic E-state index is 13.8. The molecule has 32 heavy (non-hydrogen) atoms. The van der Waals surface area contributed by atoms with Crippen LogP contribution in [0, 0.1) is 19.7 Å². The number of anilines is 1. The lowest BCUT2D eigenvalue weighted by atomic mass is 10.0. The first kappa shape index (κ1) is 21.7. The molecule has 1 heterocycles. The maximum Gasteiger partial charge on any atom is 0.264 e. The molecule has 0 radical (unpaired) electrons. The molecule has 2 aromatic carbocycles. The Balaban J connectivity index is 1.83. The van der Waals surface area contributed by atoms with Crippen molar-refractivity contribution in [1.82, 2.24) is 10.5 Å². The lowest BCUT2D eigenvalue weighted by Gasteiger charge is -2.32. The fraction of sp³-hybridized carbons (Fsp3) is 0.320. The van der Waals surface area contributed by atoms with Gasteiger partial charge in [-0.15, -0.1) is 0 Å². The number of rotatable bonds is 6. The number of benzene rings is 2. The van der Waals surface area contributed by atoms with Gasteiger partial charge in [-0.1, -0.05) is 48.3 Å². The molecule has 1 N–H and O–H groups in total. The van der Waals surface area contributed by atoms with Crippen molar-refractivity contribution in [2.75, 3.05) is 4.90 Å². The second kappa shape index (κ2) is 9.34. The van der Waals surface area contributed by atoms with Gasteiger partial charge in [-0.3, -0.25) is 14.5 Å². The van der Waals surface area contributed by atoms with Crippen LogP contribution in [0.15, 0.2) is 59.1 Å². The summed E-state index contributed by atoms with van der Waals surface area (Å²) in [4.78, 5) is 28.9. The van der Waals surface area contributed by atoms with E-state index in [4.69, 9.17) is 4.52 Å². The van der Waals surface area contributed by atoms with E-state index in [9.17, 15) is 14.0 Å². The SMILES string of the molecule is Cc1noc(C)c1C(=O)N(c1ccc(F)cc1)C(C(=O)NC1CCCC1)c1ccccc1. The Hall–Kier alpha value is -3.48. The Morgan fingerprint density at radius 2 is 1.72 bits per heavy atom. The van der Waals surface area contributed by atoms with Gasteiger partial charge in [0.05, 0.1) is 5.69 Å². The van der Waals surface area contributed by atoms with Crippen LogP contribution in [0.2, 0.25) is 0 Å². The number of hydrogen-bond donors (Lipinski definition) is 1. The highest BCUT2D eigenvalue weighted by Gasteiger charge is 2.36. The van der Waals surface area contributed by atoms with Gasteiger partial charge in [-0.05, 0) is 56.5 Å². The highest BCUT2D eigenvalue weighted by molar-refractivity contribution is 6.11. The van der Waals surface area contributed by atoms with E-state index >= 15 is 0 Å². The zero-order chi connectivity index (χ0) is 22.7. The van der Waals surface area contributed by atoms with Crippen LogP contribution in [-0.2, 0) is 4.79 Å².